The molecule has 2 heterocycles. The molecule has 2 aromatic carbocycles. The molecule has 0 radical (unpaired) electrons. The molecule has 2 aromatic heterocycles. The van der Waals surface area contributed by atoms with Crippen LogP contribution in [-0.4, -0.2) is 25.1 Å². The molecule has 2 N–H and O–H groups in total. The van der Waals surface area contributed by atoms with Crippen LogP contribution < -0.4 is 16.3 Å². The molecule has 0 atom stereocenters. The van der Waals surface area contributed by atoms with Gasteiger partial charge in [0.2, 0.25) is 5.91 Å². The number of para-hydroxylation sites is 1. The van der Waals surface area contributed by atoms with Crippen molar-refractivity contribution in [3.8, 4) is 0 Å². The molecule has 4 aromatic rings. The minimum Gasteiger partial charge on any atom is -0.340 e. The average molecular weight is 374 g/mol. The van der Waals surface area contributed by atoms with Gasteiger partial charge in [0, 0.05) is 17.6 Å². The van der Waals surface area contributed by atoms with Gasteiger partial charge in [-0.3, -0.25) is 4.79 Å². The van der Waals surface area contributed by atoms with Crippen LogP contribution in [-0.2, 0) is 11.3 Å². The summed E-state index contributed by atoms with van der Waals surface area (Å²) in [6.45, 7) is 1.74. The zero-order valence-electron chi connectivity index (χ0n) is 15.2. The van der Waals surface area contributed by atoms with Crippen molar-refractivity contribution in [3.63, 3.8) is 0 Å². The lowest BCUT2D eigenvalue weighted by molar-refractivity contribution is -0.117. The summed E-state index contributed by atoms with van der Waals surface area (Å²) in [7, 11) is 0. The van der Waals surface area contributed by atoms with Crippen LogP contribution in [0.5, 0.6) is 0 Å². The second kappa shape index (κ2) is 7.36. The van der Waals surface area contributed by atoms with Crippen LogP contribution in [0.3, 0.4) is 0 Å². The lowest BCUT2D eigenvalue weighted by Gasteiger charge is -2.05. The summed E-state index contributed by atoms with van der Waals surface area (Å²) in [6, 6.07) is 18.7. The fraction of sp³-hybridized carbons (Fsp3) is 0.100. The summed E-state index contributed by atoms with van der Waals surface area (Å²) in [5.74, 6) is 0.438. The Kier molecular flexibility index (Phi) is 4.59. The molecule has 28 heavy (non-hydrogen) atoms. The van der Waals surface area contributed by atoms with Crippen LogP contribution >= 0.6 is 0 Å². The van der Waals surface area contributed by atoms with Gasteiger partial charge in [0.1, 0.15) is 12.4 Å². The fourth-order valence-electron chi connectivity index (χ4n) is 2.81. The van der Waals surface area contributed by atoms with Crippen molar-refractivity contribution in [1.29, 1.82) is 0 Å². The Morgan fingerprint density at radius 3 is 2.61 bits per heavy atom. The third-order valence-electron chi connectivity index (χ3n) is 4.10. The molecule has 4 rings (SSSR count). The number of anilines is 3. The number of aromatic nitrogens is 4. The van der Waals surface area contributed by atoms with E-state index >= 15 is 0 Å². The van der Waals surface area contributed by atoms with Gasteiger partial charge < -0.3 is 10.6 Å². The van der Waals surface area contributed by atoms with Crippen LogP contribution in [0.25, 0.3) is 5.78 Å². The van der Waals surface area contributed by atoms with E-state index in [0.29, 0.717) is 11.5 Å². The van der Waals surface area contributed by atoms with Crippen molar-refractivity contribution in [2.24, 2.45) is 0 Å². The average Bonchev–Trinajstić information content (AvgIpc) is 2.97. The van der Waals surface area contributed by atoms with Crippen LogP contribution in [0.4, 0.5) is 17.2 Å². The van der Waals surface area contributed by atoms with E-state index in [-0.39, 0.29) is 18.2 Å². The number of nitrogens with zero attached hydrogens (tertiary/aromatic N) is 4. The van der Waals surface area contributed by atoms with E-state index in [1.807, 2.05) is 55.5 Å². The van der Waals surface area contributed by atoms with Crippen molar-refractivity contribution in [1.82, 2.24) is 19.2 Å². The number of carbonyl (C=O) groups is 1. The third kappa shape index (κ3) is 3.75. The zero-order valence-corrected chi connectivity index (χ0v) is 15.2. The van der Waals surface area contributed by atoms with E-state index in [9.17, 15) is 9.59 Å². The Bertz CT molecular complexity index is 1200. The van der Waals surface area contributed by atoms with E-state index in [2.05, 4.69) is 20.7 Å². The lowest BCUT2D eigenvalue weighted by atomic mass is 10.2. The molecule has 0 saturated heterocycles. The molecular formula is C20H18N6O2. The molecule has 0 aliphatic rings. The van der Waals surface area contributed by atoms with E-state index in [1.165, 1.54) is 4.40 Å². The van der Waals surface area contributed by atoms with Crippen LogP contribution in [0.2, 0.25) is 0 Å². The predicted molar refractivity (Wildman–Crippen MR) is 107 cm³/mol. The number of hydrogen-bond donors (Lipinski definition) is 2. The Hall–Kier alpha value is -3.94. The summed E-state index contributed by atoms with van der Waals surface area (Å²) < 4.78 is 2.40. The second-order valence-electron chi connectivity index (χ2n) is 6.33. The molecule has 0 spiro atoms. The number of amides is 1. The highest BCUT2D eigenvalue weighted by Crippen LogP contribution is 2.13. The molecule has 0 fully saturated rings. The second-order valence-corrected chi connectivity index (χ2v) is 6.33. The molecule has 1 amide bonds. The summed E-state index contributed by atoms with van der Waals surface area (Å²) in [6.07, 6.45) is 1.58. The van der Waals surface area contributed by atoms with Crippen LogP contribution in [0.15, 0.2) is 71.7 Å². The molecule has 0 aliphatic carbocycles. The lowest BCUT2D eigenvalue weighted by Crippen LogP contribution is -2.28. The van der Waals surface area contributed by atoms with Gasteiger partial charge >= 0.3 is 5.69 Å². The maximum Gasteiger partial charge on any atom is 0.352 e. The largest absolute Gasteiger partial charge is 0.352 e. The first kappa shape index (κ1) is 17.5. The number of benzene rings is 2. The molecule has 0 aliphatic heterocycles. The Balaban J connectivity index is 1.53. The highest BCUT2D eigenvalue weighted by Gasteiger charge is 2.12. The molecule has 0 bridgehead atoms. The maximum absolute atomic E-state index is 12.5. The van der Waals surface area contributed by atoms with Crippen molar-refractivity contribution < 1.29 is 4.79 Å². The topological polar surface area (TPSA) is 93.3 Å². The Labute approximate surface area is 160 Å². The summed E-state index contributed by atoms with van der Waals surface area (Å²) in [4.78, 5) is 29.1. The van der Waals surface area contributed by atoms with Crippen LogP contribution in [0.1, 0.15) is 5.56 Å². The molecule has 8 heteroatoms. The SMILES string of the molecule is Cc1cccc(NC(=O)Cn2nc3nc(Nc4ccccc4)ccn3c2=O)c1. The van der Waals surface area contributed by atoms with Crippen molar-refractivity contribution in [2.75, 3.05) is 10.6 Å². The number of rotatable bonds is 5. The highest BCUT2D eigenvalue weighted by molar-refractivity contribution is 5.90. The predicted octanol–water partition coefficient (Wildman–Crippen LogP) is 2.58. The van der Waals surface area contributed by atoms with E-state index in [0.717, 1.165) is 15.9 Å². The highest BCUT2D eigenvalue weighted by atomic mass is 16.2. The summed E-state index contributed by atoms with van der Waals surface area (Å²) >= 11 is 0. The van der Waals surface area contributed by atoms with Crippen molar-refractivity contribution in [3.05, 3.63) is 82.9 Å². The first-order chi connectivity index (χ1) is 13.6. The normalized spacial score (nSPS) is 10.8. The third-order valence-corrected chi connectivity index (χ3v) is 4.10. The van der Waals surface area contributed by atoms with Gasteiger partial charge in [-0.25, -0.2) is 13.9 Å². The van der Waals surface area contributed by atoms with Crippen molar-refractivity contribution in [2.45, 2.75) is 13.5 Å². The first-order valence-corrected chi connectivity index (χ1v) is 8.73. The van der Waals surface area contributed by atoms with Gasteiger partial charge in [-0.1, -0.05) is 30.3 Å². The van der Waals surface area contributed by atoms with Gasteiger partial charge in [0.25, 0.3) is 5.78 Å². The van der Waals surface area contributed by atoms with Crippen LogP contribution in [0, 0.1) is 6.92 Å². The first-order valence-electron chi connectivity index (χ1n) is 8.73. The molecular weight excluding hydrogens is 356 g/mol. The molecule has 8 nitrogen and oxygen atoms in total. The number of nitrogens with one attached hydrogen (secondary N) is 2. The standard InChI is InChI=1S/C20H18N6O2/c1-14-6-5-9-16(12-14)22-18(27)13-26-20(28)25-11-10-17(23-19(25)24-26)21-15-7-3-2-4-8-15/h2-12H,13H2,1H3,(H,22,27)(H,21,23,24). The van der Waals surface area contributed by atoms with Gasteiger partial charge in [0.15, 0.2) is 0 Å². The van der Waals surface area contributed by atoms with E-state index in [1.54, 1.807) is 18.3 Å². The molecule has 0 saturated carbocycles. The van der Waals surface area contributed by atoms with Gasteiger partial charge in [-0.05, 0) is 42.8 Å². The Morgan fingerprint density at radius 2 is 1.82 bits per heavy atom. The minimum atomic E-state index is -0.423. The van der Waals surface area contributed by atoms with Gasteiger partial charge in [0.05, 0.1) is 0 Å². The maximum atomic E-state index is 12.5. The smallest absolute Gasteiger partial charge is 0.340 e. The monoisotopic (exact) mass is 374 g/mol. The quantitative estimate of drug-likeness (QED) is 0.560. The summed E-state index contributed by atoms with van der Waals surface area (Å²) in [5.41, 5.74) is 2.16. The van der Waals surface area contributed by atoms with Gasteiger partial charge in [-0.15, -0.1) is 5.10 Å². The number of hydrogen-bond acceptors (Lipinski definition) is 5. The summed E-state index contributed by atoms with van der Waals surface area (Å²) in [5, 5.41) is 10.1. The van der Waals surface area contributed by atoms with Crippen molar-refractivity contribution >= 4 is 28.9 Å². The zero-order chi connectivity index (χ0) is 19.5. The number of carbonyl (C=O) groups excluding carboxylic acids is 1. The fourth-order valence-corrected chi connectivity index (χ4v) is 2.81. The van der Waals surface area contributed by atoms with Gasteiger partial charge in [-0.2, -0.15) is 4.98 Å². The number of aryl methyl sites for hydroxylation is 1. The molecule has 0 unspecified atom stereocenters. The Morgan fingerprint density at radius 1 is 1.04 bits per heavy atom. The van der Waals surface area contributed by atoms with E-state index in [4.69, 9.17) is 0 Å². The number of fused-ring (bicyclic) bond motifs is 1. The molecule has 140 valence electrons. The van der Waals surface area contributed by atoms with E-state index < -0.39 is 5.69 Å². The minimum absolute atomic E-state index is 0.197.